The van der Waals surface area contributed by atoms with Gasteiger partial charge in [0.2, 0.25) is 5.91 Å². The first kappa shape index (κ1) is 12.9. The Kier molecular flexibility index (Phi) is 3.48. The van der Waals surface area contributed by atoms with Crippen LogP contribution in [0.3, 0.4) is 0 Å². The Bertz CT molecular complexity index is 291. The van der Waals surface area contributed by atoms with Gasteiger partial charge >= 0.3 is 0 Å². The van der Waals surface area contributed by atoms with Crippen LogP contribution in [0.5, 0.6) is 0 Å². The molecular formula is C14H26N2O. The third-order valence-electron chi connectivity index (χ3n) is 4.36. The highest BCUT2D eigenvalue weighted by Crippen LogP contribution is 2.46. The fourth-order valence-corrected chi connectivity index (χ4v) is 3.11. The van der Waals surface area contributed by atoms with Crippen molar-refractivity contribution in [3.05, 3.63) is 0 Å². The SMILES string of the molecule is CC1CC(CN)(C(=O)N(CC2CC2)C(C)C)C1. The molecule has 2 saturated carbocycles. The first-order valence-corrected chi connectivity index (χ1v) is 6.99. The lowest BCUT2D eigenvalue weighted by molar-refractivity contribution is -0.151. The molecule has 1 amide bonds. The van der Waals surface area contributed by atoms with E-state index in [2.05, 4.69) is 25.7 Å². The molecule has 0 saturated heterocycles. The van der Waals surface area contributed by atoms with E-state index in [-0.39, 0.29) is 5.41 Å². The summed E-state index contributed by atoms with van der Waals surface area (Å²) in [5.41, 5.74) is 5.65. The fraction of sp³-hybridized carbons (Fsp3) is 0.929. The van der Waals surface area contributed by atoms with E-state index in [4.69, 9.17) is 5.73 Å². The van der Waals surface area contributed by atoms with E-state index in [1.165, 1.54) is 12.8 Å². The molecule has 17 heavy (non-hydrogen) atoms. The Morgan fingerprint density at radius 1 is 1.41 bits per heavy atom. The second kappa shape index (κ2) is 4.60. The van der Waals surface area contributed by atoms with Gasteiger partial charge in [-0.1, -0.05) is 6.92 Å². The van der Waals surface area contributed by atoms with Crippen LogP contribution in [0.1, 0.15) is 46.5 Å². The molecule has 2 N–H and O–H groups in total. The summed E-state index contributed by atoms with van der Waals surface area (Å²) in [5.74, 6) is 1.74. The van der Waals surface area contributed by atoms with E-state index in [0.717, 1.165) is 25.3 Å². The van der Waals surface area contributed by atoms with Gasteiger partial charge in [0.05, 0.1) is 5.41 Å². The molecule has 0 spiro atoms. The topological polar surface area (TPSA) is 46.3 Å². The Balaban J connectivity index is 2.03. The van der Waals surface area contributed by atoms with Gasteiger partial charge in [0.1, 0.15) is 0 Å². The van der Waals surface area contributed by atoms with Gasteiger partial charge < -0.3 is 10.6 Å². The minimum atomic E-state index is -0.224. The molecule has 0 unspecified atom stereocenters. The molecular weight excluding hydrogens is 212 g/mol. The van der Waals surface area contributed by atoms with Crippen LogP contribution in [0.4, 0.5) is 0 Å². The number of carbonyl (C=O) groups is 1. The monoisotopic (exact) mass is 238 g/mol. The predicted octanol–water partition coefficient (Wildman–Crippen LogP) is 2.01. The van der Waals surface area contributed by atoms with Gasteiger partial charge in [0.25, 0.3) is 0 Å². The van der Waals surface area contributed by atoms with Crippen molar-refractivity contribution in [3.63, 3.8) is 0 Å². The van der Waals surface area contributed by atoms with Gasteiger partial charge in [-0.25, -0.2) is 0 Å². The summed E-state index contributed by atoms with van der Waals surface area (Å²) < 4.78 is 0. The zero-order valence-electron chi connectivity index (χ0n) is 11.4. The summed E-state index contributed by atoms with van der Waals surface area (Å²) in [6.07, 6.45) is 4.55. The van der Waals surface area contributed by atoms with Crippen molar-refractivity contribution in [2.45, 2.75) is 52.5 Å². The van der Waals surface area contributed by atoms with E-state index in [1.54, 1.807) is 0 Å². The molecule has 3 heteroatoms. The van der Waals surface area contributed by atoms with Gasteiger partial charge in [-0.3, -0.25) is 4.79 Å². The fourth-order valence-electron chi connectivity index (χ4n) is 3.11. The maximum absolute atomic E-state index is 12.7. The van der Waals surface area contributed by atoms with E-state index < -0.39 is 0 Å². The minimum absolute atomic E-state index is 0.224. The van der Waals surface area contributed by atoms with Crippen LogP contribution in [0, 0.1) is 17.3 Å². The van der Waals surface area contributed by atoms with E-state index in [1.807, 2.05) is 0 Å². The first-order chi connectivity index (χ1) is 7.98. The van der Waals surface area contributed by atoms with Gasteiger partial charge in [-0.05, 0) is 51.4 Å². The largest absolute Gasteiger partial charge is 0.339 e. The van der Waals surface area contributed by atoms with Crippen LogP contribution in [-0.2, 0) is 4.79 Å². The summed E-state index contributed by atoms with van der Waals surface area (Å²) in [6, 6.07) is 0.308. The molecule has 0 aromatic heterocycles. The summed E-state index contributed by atoms with van der Waals surface area (Å²) in [5, 5.41) is 0. The van der Waals surface area contributed by atoms with Crippen LogP contribution < -0.4 is 5.73 Å². The molecule has 0 aliphatic heterocycles. The molecule has 2 fully saturated rings. The molecule has 0 aromatic rings. The standard InChI is InChI=1S/C14H26N2O/c1-10(2)16(8-12-4-5-12)13(17)14(9-15)6-11(3)7-14/h10-12H,4-9,15H2,1-3H3. The number of hydrogen-bond acceptors (Lipinski definition) is 2. The van der Waals surface area contributed by atoms with Crippen molar-refractivity contribution in [2.24, 2.45) is 23.0 Å². The predicted molar refractivity (Wildman–Crippen MR) is 69.5 cm³/mol. The van der Waals surface area contributed by atoms with Gasteiger partial charge in [-0.15, -0.1) is 0 Å². The highest BCUT2D eigenvalue weighted by atomic mass is 16.2. The smallest absolute Gasteiger partial charge is 0.230 e. The average Bonchev–Trinajstić information content (AvgIpc) is 3.03. The number of nitrogens with zero attached hydrogens (tertiary/aromatic N) is 1. The van der Waals surface area contributed by atoms with Crippen molar-refractivity contribution < 1.29 is 4.79 Å². The molecule has 0 atom stereocenters. The van der Waals surface area contributed by atoms with Crippen LogP contribution in [0.25, 0.3) is 0 Å². The quantitative estimate of drug-likeness (QED) is 0.796. The summed E-state index contributed by atoms with van der Waals surface area (Å²) >= 11 is 0. The van der Waals surface area contributed by atoms with Gasteiger partial charge in [0.15, 0.2) is 0 Å². The number of nitrogens with two attached hydrogens (primary N) is 1. The Labute approximate surface area is 105 Å². The Morgan fingerprint density at radius 2 is 2.00 bits per heavy atom. The first-order valence-electron chi connectivity index (χ1n) is 6.99. The molecule has 98 valence electrons. The lowest BCUT2D eigenvalue weighted by Gasteiger charge is -2.47. The zero-order valence-corrected chi connectivity index (χ0v) is 11.4. The molecule has 0 radical (unpaired) electrons. The normalized spacial score (nSPS) is 32.4. The third kappa shape index (κ3) is 2.49. The number of amides is 1. The zero-order chi connectivity index (χ0) is 12.6. The maximum Gasteiger partial charge on any atom is 0.230 e. The average molecular weight is 238 g/mol. The summed E-state index contributed by atoms with van der Waals surface area (Å²) in [6.45, 7) is 7.91. The van der Waals surface area contributed by atoms with Crippen LogP contribution in [0.15, 0.2) is 0 Å². The minimum Gasteiger partial charge on any atom is -0.339 e. The maximum atomic E-state index is 12.7. The van der Waals surface area contributed by atoms with Crippen LogP contribution >= 0.6 is 0 Å². The molecule has 0 heterocycles. The molecule has 2 aliphatic carbocycles. The van der Waals surface area contributed by atoms with E-state index in [0.29, 0.717) is 24.4 Å². The van der Waals surface area contributed by atoms with Crippen molar-refractivity contribution >= 4 is 5.91 Å². The summed E-state index contributed by atoms with van der Waals surface area (Å²) in [4.78, 5) is 14.8. The highest BCUT2D eigenvalue weighted by Gasteiger charge is 2.49. The molecule has 0 aromatic carbocycles. The lowest BCUT2D eigenvalue weighted by Crippen LogP contribution is -2.56. The van der Waals surface area contributed by atoms with Crippen molar-refractivity contribution in [2.75, 3.05) is 13.1 Å². The number of hydrogen-bond donors (Lipinski definition) is 1. The molecule has 0 bridgehead atoms. The second-order valence-electron chi connectivity index (χ2n) is 6.49. The third-order valence-corrected chi connectivity index (χ3v) is 4.36. The van der Waals surface area contributed by atoms with E-state index >= 15 is 0 Å². The van der Waals surface area contributed by atoms with Crippen molar-refractivity contribution in [3.8, 4) is 0 Å². The van der Waals surface area contributed by atoms with Gasteiger partial charge in [-0.2, -0.15) is 0 Å². The van der Waals surface area contributed by atoms with Gasteiger partial charge in [0, 0.05) is 19.1 Å². The van der Waals surface area contributed by atoms with Crippen molar-refractivity contribution in [1.82, 2.24) is 4.90 Å². The lowest BCUT2D eigenvalue weighted by atomic mass is 9.61. The molecule has 2 rings (SSSR count). The van der Waals surface area contributed by atoms with E-state index in [9.17, 15) is 4.79 Å². The van der Waals surface area contributed by atoms with Crippen LogP contribution in [-0.4, -0.2) is 29.9 Å². The number of carbonyl (C=O) groups excluding carboxylic acids is 1. The Hall–Kier alpha value is -0.570. The summed E-state index contributed by atoms with van der Waals surface area (Å²) in [7, 11) is 0. The highest BCUT2D eigenvalue weighted by molar-refractivity contribution is 5.84. The van der Waals surface area contributed by atoms with Crippen molar-refractivity contribution in [1.29, 1.82) is 0 Å². The Morgan fingerprint density at radius 3 is 2.35 bits per heavy atom. The second-order valence-corrected chi connectivity index (χ2v) is 6.49. The molecule has 2 aliphatic rings. The molecule has 3 nitrogen and oxygen atoms in total. The number of rotatable bonds is 5. The van der Waals surface area contributed by atoms with Crippen LogP contribution in [0.2, 0.25) is 0 Å².